The fourth-order valence-corrected chi connectivity index (χ4v) is 6.71. The predicted octanol–water partition coefficient (Wildman–Crippen LogP) is 7.72. The van der Waals surface area contributed by atoms with Crippen molar-refractivity contribution in [1.82, 2.24) is 30.8 Å². The standard InChI is InChI=1S/C31H38N6O/c1-7-14-19(6)28-22(10-4)20(8-2)21(9-3)23(11-5)31(28,24-15-12-16-25-29(24)34-36-32-25)38-27-18-13-17-26-30(27)35-37-33-26/h12-13,15-18,28H,6-11,14H2,1-5H3,(H,32,34,36)(H,33,35,37). The van der Waals surface area contributed by atoms with E-state index in [-0.39, 0.29) is 5.92 Å². The van der Waals surface area contributed by atoms with Gasteiger partial charge in [0.2, 0.25) is 0 Å². The highest BCUT2D eigenvalue weighted by Gasteiger charge is 2.53. The van der Waals surface area contributed by atoms with E-state index in [1.165, 1.54) is 27.9 Å². The summed E-state index contributed by atoms with van der Waals surface area (Å²) in [4.78, 5) is 0. The van der Waals surface area contributed by atoms with Gasteiger partial charge in [0.1, 0.15) is 16.6 Å². The first-order valence-corrected chi connectivity index (χ1v) is 14.0. The van der Waals surface area contributed by atoms with E-state index in [0.29, 0.717) is 5.75 Å². The lowest BCUT2D eigenvalue weighted by molar-refractivity contribution is 0.0626. The number of para-hydroxylation sites is 2. The summed E-state index contributed by atoms with van der Waals surface area (Å²) in [6, 6.07) is 12.1. The molecular weight excluding hydrogens is 472 g/mol. The molecule has 2 aromatic heterocycles. The number of aromatic amines is 2. The molecule has 0 saturated carbocycles. The molecule has 7 nitrogen and oxygen atoms in total. The van der Waals surface area contributed by atoms with Crippen LogP contribution in [0.2, 0.25) is 0 Å². The highest BCUT2D eigenvalue weighted by molar-refractivity contribution is 5.82. The Kier molecular flexibility index (Phi) is 7.19. The average molecular weight is 511 g/mol. The second-order valence-electron chi connectivity index (χ2n) is 10.00. The number of allylic oxidation sites excluding steroid dienone is 2. The summed E-state index contributed by atoms with van der Waals surface area (Å²) >= 11 is 0. The van der Waals surface area contributed by atoms with Gasteiger partial charge in [0.15, 0.2) is 16.9 Å². The number of nitrogens with zero attached hydrogens (tertiary/aromatic N) is 4. The highest BCUT2D eigenvalue weighted by atomic mass is 16.5. The molecule has 2 atom stereocenters. The van der Waals surface area contributed by atoms with Crippen molar-refractivity contribution in [2.45, 2.75) is 78.7 Å². The smallest absolute Gasteiger partial charge is 0.168 e. The summed E-state index contributed by atoms with van der Waals surface area (Å²) in [7, 11) is 0. The lowest BCUT2D eigenvalue weighted by Crippen LogP contribution is -2.48. The van der Waals surface area contributed by atoms with Crippen molar-refractivity contribution in [2.75, 3.05) is 0 Å². The number of benzene rings is 2. The fraction of sp³-hybridized carbons (Fsp3) is 0.419. The zero-order valence-corrected chi connectivity index (χ0v) is 23.2. The van der Waals surface area contributed by atoms with Crippen LogP contribution in [0.25, 0.3) is 22.1 Å². The van der Waals surface area contributed by atoms with Gasteiger partial charge < -0.3 is 4.74 Å². The Balaban J connectivity index is 1.94. The van der Waals surface area contributed by atoms with E-state index in [4.69, 9.17) is 11.3 Å². The Morgan fingerprint density at radius 2 is 1.47 bits per heavy atom. The molecule has 7 heteroatoms. The van der Waals surface area contributed by atoms with Gasteiger partial charge in [0, 0.05) is 11.5 Å². The molecule has 0 fully saturated rings. The van der Waals surface area contributed by atoms with Crippen LogP contribution < -0.4 is 4.74 Å². The number of fused-ring (bicyclic) bond motifs is 2. The van der Waals surface area contributed by atoms with Crippen LogP contribution in [0, 0.1) is 5.92 Å². The van der Waals surface area contributed by atoms with Gasteiger partial charge >= 0.3 is 0 Å². The average Bonchev–Trinajstić information content (AvgIpc) is 3.62. The van der Waals surface area contributed by atoms with Crippen molar-refractivity contribution < 1.29 is 4.74 Å². The molecule has 0 bridgehead atoms. The second-order valence-corrected chi connectivity index (χ2v) is 10.00. The van der Waals surface area contributed by atoms with Crippen LogP contribution in [0.15, 0.2) is 70.8 Å². The predicted molar refractivity (Wildman–Crippen MR) is 153 cm³/mol. The first-order valence-electron chi connectivity index (χ1n) is 14.0. The Labute approximate surface area is 224 Å². The van der Waals surface area contributed by atoms with E-state index in [9.17, 15) is 0 Å². The number of hydrogen-bond acceptors (Lipinski definition) is 5. The van der Waals surface area contributed by atoms with Crippen LogP contribution in [0.5, 0.6) is 5.75 Å². The maximum absolute atomic E-state index is 7.46. The first kappa shape index (κ1) is 25.9. The third-order valence-electron chi connectivity index (χ3n) is 8.07. The van der Waals surface area contributed by atoms with Crippen LogP contribution in [0.1, 0.15) is 78.7 Å². The lowest BCUT2D eigenvalue weighted by Gasteiger charge is -2.49. The molecule has 0 aliphatic heterocycles. The summed E-state index contributed by atoms with van der Waals surface area (Å²) in [5.41, 5.74) is 10.0. The lowest BCUT2D eigenvalue weighted by atomic mass is 9.60. The number of hydrogen-bond donors (Lipinski definition) is 2. The van der Waals surface area contributed by atoms with E-state index in [1.54, 1.807) is 0 Å². The Morgan fingerprint density at radius 3 is 2.11 bits per heavy atom. The molecule has 2 heterocycles. The monoisotopic (exact) mass is 510 g/mol. The quantitative estimate of drug-likeness (QED) is 0.213. The number of ether oxygens (including phenoxy) is 1. The molecule has 5 rings (SSSR count). The molecule has 0 saturated heterocycles. The summed E-state index contributed by atoms with van der Waals surface area (Å²) in [5.74, 6) is 0.639. The van der Waals surface area contributed by atoms with Crippen LogP contribution in [0.3, 0.4) is 0 Å². The number of nitrogens with one attached hydrogen (secondary N) is 2. The zero-order chi connectivity index (χ0) is 26.9. The van der Waals surface area contributed by atoms with E-state index in [2.05, 4.69) is 77.6 Å². The van der Waals surface area contributed by atoms with Crippen molar-refractivity contribution in [3.8, 4) is 5.75 Å². The largest absolute Gasteiger partial charge is 0.475 e. The number of H-pyrrole nitrogens is 2. The number of rotatable bonds is 10. The van der Waals surface area contributed by atoms with Gasteiger partial charge in [-0.3, -0.25) is 0 Å². The third kappa shape index (κ3) is 3.87. The highest BCUT2D eigenvalue weighted by Crippen LogP contribution is 2.57. The molecule has 2 unspecified atom stereocenters. The topological polar surface area (TPSA) is 92.4 Å². The Bertz CT molecular complexity index is 1540. The molecule has 2 N–H and O–H groups in total. The van der Waals surface area contributed by atoms with E-state index in [1.807, 2.05) is 24.3 Å². The van der Waals surface area contributed by atoms with Crippen molar-refractivity contribution in [1.29, 1.82) is 0 Å². The molecule has 4 aromatic rings. The molecule has 1 aliphatic rings. The molecule has 1 aliphatic carbocycles. The fourth-order valence-electron chi connectivity index (χ4n) is 6.71. The zero-order valence-electron chi connectivity index (χ0n) is 23.2. The van der Waals surface area contributed by atoms with Gasteiger partial charge in [-0.2, -0.15) is 30.8 Å². The molecule has 0 radical (unpaired) electrons. The van der Waals surface area contributed by atoms with Gasteiger partial charge in [-0.15, -0.1) is 0 Å². The summed E-state index contributed by atoms with van der Waals surface area (Å²) in [6.45, 7) is 16.0. The van der Waals surface area contributed by atoms with Gasteiger partial charge in [-0.05, 0) is 67.0 Å². The van der Waals surface area contributed by atoms with Gasteiger partial charge in [-0.1, -0.05) is 77.0 Å². The van der Waals surface area contributed by atoms with Gasteiger partial charge in [-0.25, -0.2) is 0 Å². The summed E-state index contributed by atoms with van der Waals surface area (Å²) < 4.78 is 7.46. The normalized spacial score (nSPS) is 20.1. The molecule has 38 heavy (non-hydrogen) atoms. The van der Waals surface area contributed by atoms with Crippen LogP contribution in [0.4, 0.5) is 0 Å². The van der Waals surface area contributed by atoms with Crippen molar-refractivity contribution in [2.24, 2.45) is 5.92 Å². The van der Waals surface area contributed by atoms with Crippen molar-refractivity contribution in [3.05, 3.63) is 76.4 Å². The van der Waals surface area contributed by atoms with Crippen LogP contribution in [-0.2, 0) is 5.60 Å². The SMILES string of the molecule is C=C(CCC)C1C(CC)=C(CC)C(CC)=C(CC)C1(Oc1cccc2n[nH]nc12)c1cccc2n[nH]nc12. The van der Waals surface area contributed by atoms with Gasteiger partial charge in [0.05, 0.1) is 0 Å². The van der Waals surface area contributed by atoms with E-state index in [0.717, 1.165) is 66.2 Å². The Hall–Kier alpha value is -3.74. The minimum atomic E-state index is -0.861. The minimum Gasteiger partial charge on any atom is -0.475 e. The third-order valence-corrected chi connectivity index (χ3v) is 8.07. The molecule has 2 aromatic carbocycles. The molecular formula is C31H38N6O. The molecule has 198 valence electrons. The van der Waals surface area contributed by atoms with Crippen molar-refractivity contribution >= 4 is 22.1 Å². The van der Waals surface area contributed by atoms with Gasteiger partial charge in [0.25, 0.3) is 0 Å². The van der Waals surface area contributed by atoms with E-state index >= 15 is 0 Å². The van der Waals surface area contributed by atoms with Crippen LogP contribution >= 0.6 is 0 Å². The first-order chi connectivity index (χ1) is 18.5. The maximum atomic E-state index is 7.46. The molecule has 0 amide bonds. The summed E-state index contributed by atoms with van der Waals surface area (Å²) in [5, 5.41) is 23.6. The van der Waals surface area contributed by atoms with Crippen molar-refractivity contribution in [3.63, 3.8) is 0 Å². The Morgan fingerprint density at radius 1 is 0.816 bits per heavy atom. The maximum Gasteiger partial charge on any atom is 0.168 e. The van der Waals surface area contributed by atoms with Crippen LogP contribution in [-0.4, -0.2) is 30.8 Å². The molecule has 0 spiro atoms. The number of aromatic nitrogens is 6. The summed E-state index contributed by atoms with van der Waals surface area (Å²) in [6.07, 6.45) is 5.60. The minimum absolute atomic E-state index is 0.0582. The van der Waals surface area contributed by atoms with E-state index < -0.39 is 5.60 Å². The second kappa shape index (κ2) is 10.6.